The molecule has 3 aliphatic rings. The summed E-state index contributed by atoms with van der Waals surface area (Å²) in [5, 5.41) is 0. The number of aryl methyl sites for hydroxylation is 1. The summed E-state index contributed by atoms with van der Waals surface area (Å²) in [4.78, 5) is 41.2. The first kappa shape index (κ1) is 24.6. The van der Waals surface area contributed by atoms with E-state index in [2.05, 4.69) is 31.2 Å². The van der Waals surface area contributed by atoms with Crippen molar-refractivity contribution in [1.82, 2.24) is 25.8 Å². The molecule has 2 amide bonds. The van der Waals surface area contributed by atoms with Gasteiger partial charge < -0.3 is 9.64 Å². The Morgan fingerprint density at radius 2 is 2.12 bits per heavy atom. The standard InChI is InChI=1S/C22H34FN7O4/c1-15-25-20(19(23)21(26-15)30-7-6-29-8-9-33-13-18(29)11-30)27-28-22(32)17(12-34-24-14-31)10-16-4-2-3-5-16/h14,16-18H,2-13H2,1H3,(H,24,31)(H,28,32)(H,25,26,27)/t17-,18+/m1/s1. The molecule has 4 rings (SSSR count). The third-order valence-electron chi connectivity index (χ3n) is 6.87. The van der Waals surface area contributed by atoms with Crippen LogP contribution in [0.2, 0.25) is 0 Å². The number of carbonyl (C=O) groups is 2. The van der Waals surface area contributed by atoms with Crippen molar-refractivity contribution in [3.05, 3.63) is 11.6 Å². The van der Waals surface area contributed by atoms with E-state index in [0.717, 1.165) is 45.4 Å². The smallest absolute Gasteiger partial charge is 0.243 e. The lowest BCUT2D eigenvalue weighted by Crippen LogP contribution is -2.58. The molecule has 3 N–H and O–H groups in total. The van der Waals surface area contributed by atoms with Crippen LogP contribution in [0.1, 0.15) is 37.9 Å². The number of hydrogen-bond acceptors (Lipinski definition) is 9. The molecule has 1 aromatic rings. The van der Waals surface area contributed by atoms with E-state index in [4.69, 9.17) is 9.57 Å². The van der Waals surface area contributed by atoms with Crippen LogP contribution in [-0.4, -0.2) is 79.2 Å². The zero-order chi connectivity index (χ0) is 23.9. The summed E-state index contributed by atoms with van der Waals surface area (Å²) >= 11 is 0. The van der Waals surface area contributed by atoms with Crippen molar-refractivity contribution < 1.29 is 23.6 Å². The lowest BCUT2D eigenvalue weighted by atomic mass is 9.93. The molecule has 2 saturated heterocycles. The number of hydrogen-bond donors (Lipinski definition) is 3. The first-order valence-corrected chi connectivity index (χ1v) is 12.0. The van der Waals surface area contributed by atoms with Crippen LogP contribution in [-0.2, 0) is 19.2 Å². The maximum absolute atomic E-state index is 15.4. The quantitative estimate of drug-likeness (QED) is 0.254. The van der Waals surface area contributed by atoms with Crippen molar-refractivity contribution in [2.24, 2.45) is 11.8 Å². The van der Waals surface area contributed by atoms with E-state index in [-0.39, 0.29) is 30.2 Å². The van der Waals surface area contributed by atoms with Gasteiger partial charge in [-0.05, 0) is 19.3 Å². The lowest BCUT2D eigenvalue weighted by molar-refractivity contribution is -0.132. The van der Waals surface area contributed by atoms with E-state index in [9.17, 15) is 9.59 Å². The number of anilines is 2. The number of halogens is 1. The molecule has 1 saturated carbocycles. The molecule has 3 fully saturated rings. The van der Waals surface area contributed by atoms with Gasteiger partial charge in [0.25, 0.3) is 0 Å². The Morgan fingerprint density at radius 1 is 1.29 bits per heavy atom. The highest BCUT2D eigenvalue weighted by atomic mass is 19.1. The summed E-state index contributed by atoms with van der Waals surface area (Å²) < 4.78 is 21.0. The zero-order valence-electron chi connectivity index (χ0n) is 19.6. The highest BCUT2D eigenvalue weighted by Crippen LogP contribution is 2.31. The Morgan fingerprint density at radius 3 is 2.91 bits per heavy atom. The maximum Gasteiger partial charge on any atom is 0.243 e. The fraction of sp³-hybridized carbons (Fsp3) is 0.727. The van der Waals surface area contributed by atoms with Crippen LogP contribution in [0.15, 0.2) is 0 Å². The summed E-state index contributed by atoms with van der Waals surface area (Å²) in [6.07, 6.45) is 5.50. The van der Waals surface area contributed by atoms with Crippen LogP contribution in [0.3, 0.4) is 0 Å². The number of ether oxygens (including phenoxy) is 1. The van der Waals surface area contributed by atoms with Gasteiger partial charge in [0.2, 0.25) is 18.1 Å². The molecule has 2 aliphatic heterocycles. The largest absolute Gasteiger partial charge is 0.378 e. The third kappa shape index (κ3) is 6.10. The molecule has 12 heteroatoms. The average molecular weight is 480 g/mol. The van der Waals surface area contributed by atoms with Gasteiger partial charge >= 0.3 is 0 Å². The number of fused-ring (bicyclic) bond motifs is 1. The summed E-state index contributed by atoms with van der Waals surface area (Å²) in [5.74, 6) is -0.473. The second kappa shape index (κ2) is 11.7. The molecule has 1 aromatic heterocycles. The molecular formula is C22H34FN7O4. The summed E-state index contributed by atoms with van der Waals surface area (Å²) in [7, 11) is 0. The molecular weight excluding hydrogens is 445 g/mol. The van der Waals surface area contributed by atoms with Gasteiger partial charge in [-0.2, -0.15) is 4.39 Å². The van der Waals surface area contributed by atoms with Crippen molar-refractivity contribution >= 4 is 24.0 Å². The van der Waals surface area contributed by atoms with Crippen LogP contribution >= 0.6 is 0 Å². The van der Waals surface area contributed by atoms with Gasteiger partial charge in [-0.3, -0.25) is 30.2 Å². The van der Waals surface area contributed by atoms with E-state index < -0.39 is 11.7 Å². The number of rotatable bonds is 10. The van der Waals surface area contributed by atoms with Gasteiger partial charge in [0.15, 0.2) is 11.6 Å². The number of hydrazine groups is 1. The number of nitrogens with zero attached hydrogens (tertiary/aromatic N) is 4. The van der Waals surface area contributed by atoms with E-state index in [1.165, 1.54) is 0 Å². The minimum atomic E-state index is -0.609. The number of hydroxylamine groups is 1. The number of aromatic nitrogens is 2. The normalized spacial score (nSPS) is 22.2. The SMILES string of the molecule is Cc1nc(NNC(=O)[C@@H](CONC=O)CC2CCCC2)c(F)c(N2CCN3CCOC[C@@H]3C2)n1. The molecule has 2 atom stereocenters. The van der Waals surface area contributed by atoms with Gasteiger partial charge in [-0.1, -0.05) is 25.7 Å². The number of piperazine rings is 1. The monoisotopic (exact) mass is 479 g/mol. The van der Waals surface area contributed by atoms with Crippen LogP contribution in [0.5, 0.6) is 0 Å². The average Bonchev–Trinajstić information content (AvgIpc) is 3.36. The first-order chi connectivity index (χ1) is 16.5. The fourth-order valence-electron chi connectivity index (χ4n) is 5.08. The molecule has 0 bridgehead atoms. The predicted molar refractivity (Wildman–Crippen MR) is 122 cm³/mol. The number of nitrogens with one attached hydrogen (secondary N) is 3. The van der Waals surface area contributed by atoms with E-state index in [1.807, 2.05) is 4.90 Å². The Hall–Kier alpha value is -2.57. The molecule has 188 valence electrons. The highest BCUT2D eigenvalue weighted by molar-refractivity contribution is 5.80. The Balaban J connectivity index is 1.40. The molecule has 1 aliphatic carbocycles. The first-order valence-electron chi connectivity index (χ1n) is 12.0. The predicted octanol–water partition coefficient (Wildman–Crippen LogP) is 0.762. The van der Waals surface area contributed by atoms with Gasteiger partial charge in [0, 0.05) is 26.2 Å². The molecule has 0 unspecified atom stereocenters. The van der Waals surface area contributed by atoms with Gasteiger partial charge in [0.05, 0.1) is 31.8 Å². The fourth-order valence-corrected chi connectivity index (χ4v) is 5.08. The molecule has 11 nitrogen and oxygen atoms in total. The lowest BCUT2D eigenvalue weighted by Gasteiger charge is -2.44. The van der Waals surface area contributed by atoms with Crippen LogP contribution < -0.4 is 21.2 Å². The van der Waals surface area contributed by atoms with E-state index >= 15 is 4.39 Å². The van der Waals surface area contributed by atoms with E-state index in [1.54, 1.807) is 6.92 Å². The molecule has 0 spiro atoms. The number of amides is 2. The minimum Gasteiger partial charge on any atom is -0.378 e. The maximum atomic E-state index is 15.4. The topological polar surface area (TPSA) is 121 Å². The summed E-state index contributed by atoms with van der Waals surface area (Å²) in [6, 6.07) is 0.199. The Kier molecular flexibility index (Phi) is 8.46. The molecule has 3 heterocycles. The van der Waals surface area contributed by atoms with Crippen LogP contribution in [0.4, 0.5) is 16.0 Å². The van der Waals surface area contributed by atoms with Crippen molar-refractivity contribution in [3.63, 3.8) is 0 Å². The van der Waals surface area contributed by atoms with Gasteiger partial charge in [0.1, 0.15) is 5.82 Å². The second-order valence-corrected chi connectivity index (χ2v) is 9.21. The van der Waals surface area contributed by atoms with Gasteiger partial charge in [-0.25, -0.2) is 15.4 Å². The summed E-state index contributed by atoms with van der Waals surface area (Å²) in [6.45, 7) is 6.04. The number of carbonyl (C=O) groups excluding carboxylic acids is 2. The van der Waals surface area contributed by atoms with Crippen molar-refractivity contribution in [1.29, 1.82) is 0 Å². The van der Waals surface area contributed by atoms with Crippen molar-refractivity contribution in [3.8, 4) is 0 Å². The number of morpholine rings is 1. The Bertz CT molecular complexity index is 855. The molecule has 34 heavy (non-hydrogen) atoms. The second-order valence-electron chi connectivity index (χ2n) is 9.21. The highest BCUT2D eigenvalue weighted by Gasteiger charge is 2.32. The van der Waals surface area contributed by atoms with Crippen molar-refractivity contribution in [2.45, 2.75) is 45.1 Å². The van der Waals surface area contributed by atoms with Gasteiger partial charge in [-0.15, -0.1) is 0 Å². The third-order valence-corrected chi connectivity index (χ3v) is 6.87. The van der Waals surface area contributed by atoms with Crippen LogP contribution in [0.25, 0.3) is 0 Å². The zero-order valence-corrected chi connectivity index (χ0v) is 19.6. The summed E-state index contributed by atoms with van der Waals surface area (Å²) in [5.41, 5.74) is 7.37. The van der Waals surface area contributed by atoms with E-state index in [0.29, 0.717) is 44.3 Å². The minimum absolute atomic E-state index is 0.0347. The van der Waals surface area contributed by atoms with Crippen LogP contribution in [0, 0.1) is 24.6 Å². The molecule has 0 radical (unpaired) electrons. The Labute approximate surface area is 198 Å². The van der Waals surface area contributed by atoms with Crippen molar-refractivity contribution in [2.75, 3.05) is 56.3 Å². The molecule has 0 aromatic carbocycles.